The summed E-state index contributed by atoms with van der Waals surface area (Å²) in [4.78, 5) is 60.7. The Labute approximate surface area is 466 Å². The summed E-state index contributed by atoms with van der Waals surface area (Å²) < 4.78 is 54.9. The van der Waals surface area contributed by atoms with Crippen LogP contribution in [0.15, 0.2) is 121 Å². The zero-order valence-electron chi connectivity index (χ0n) is 47.9. The van der Waals surface area contributed by atoms with Gasteiger partial charge in [-0.05, 0) is 82.7 Å². The fourth-order valence-corrected chi connectivity index (χ4v) is 8.82. The molecule has 432 valence electrons. The van der Waals surface area contributed by atoms with Gasteiger partial charge in [0.05, 0.1) is 59.9 Å². The van der Waals surface area contributed by atoms with Gasteiger partial charge in [0.15, 0.2) is 0 Å². The largest absolute Gasteiger partial charge is 0.494 e. The molecule has 0 aromatic heterocycles. The van der Waals surface area contributed by atoms with Crippen LogP contribution in [-0.4, -0.2) is 105 Å². The molecule has 0 saturated carbocycles. The molecule has 17 nitrogen and oxygen atoms in total. The maximum absolute atomic E-state index is 12.8. The first kappa shape index (κ1) is 64.6. The highest BCUT2D eigenvalue weighted by atomic mass is 16.7. The molecular weight excluding hydrogens is 1010 g/mol. The predicted molar refractivity (Wildman–Crippen MR) is 296 cm³/mol. The molecule has 0 radical (unpaired) electrons. The van der Waals surface area contributed by atoms with E-state index in [1.807, 2.05) is 118 Å². The number of esters is 4. The molecule has 4 aromatic rings. The standard InChI is InChI=1S/C24H25NO4.C24H36O7.C14H22O5/c26-18-21-11-13-23(14-12-21)28-16-15-25(17-20-7-3-1-4-8-20)24(27)29-19-22-9-5-2-6-10-22;1-7-12-28-21-10-8-20(9-11-21)15-30-24(23(26)27-6)13-16(2)18(4)22(31-24)17(3)14-29-19(5)25;1-8-6-12(14(16)17-5)19-13(10(8)3)9(2)7-18-11(4)15/h1-14,26H,15-19H2;8-11,16-18,22H,7,12-15H2,1-6H3;6,8-10,13H,7H2,1-5H3/t;16?,17-,18-,22?,24-;8?,9-,10-,13?/m.11/s1. The molecule has 0 spiro atoms. The van der Waals surface area contributed by atoms with Gasteiger partial charge in [-0.2, -0.15) is 0 Å². The van der Waals surface area contributed by atoms with Gasteiger partial charge in [-0.3, -0.25) is 9.59 Å². The molecule has 2 aliphatic heterocycles. The topological polar surface area (TPSA) is 201 Å². The maximum Gasteiger partial charge on any atom is 0.410 e. The van der Waals surface area contributed by atoms with E-state index in [0.29, 0.717) is 38.5 Å². The van der Waals surface area contributed by atoms with E-state index in [0.717, 1.165) is 34.4 Å². The van der Waals surface area contributed by atoms with Crippen molar-refractivity contribution in [1.82, 2.24) is 4.90 Å². The Morgan fingerprint density at radius 2 is 1.19 bits per heavy atom. The zero-order valence-corrected chi connectivity index (χ0v) is 47.9. The predicted octanol–water partition coefficient (Wildman–Crippen LogP) is 10.4. The van der Waals surface area contributed by atoms with Crippen molar-refractivity contribution < 1.29 is 76.4 Å². The van der Waals surface area contributed by atoms with Crippen molar-refractivity contribution in [2.24, 2.45) is 35.5 Å². The number of allylic oxidation sites excluding steroid dienone is 1. The normalized spacial score (nSPS) is 21.0. The van der Waals surface area contributed by atoms with Crippen molar-refractivity contribution >= 4 is 30.0 Å². The summed E-state index contributed by atoms with van der Waals surface area (Å²) in [7, 11) is 2.66. The summed E-state index contributed by atoms with van der Waals surface area (Å²) in [5.74, 6) is -0.821. The molecule has 2 heterocycles. The van der Waals surface area contributed by atoms with Crippen molar-refractivity contribution in [3.63, 3.8) is 0 Å². The number of methoxy groups -OCH3 is 2. The number of hydrogen-bond acceptors (Lipinski definition) is 16. The van der Waals surface area contributed by atoms with E-state index >= 15 is 0 Å². The van der Waals surface area contributed by atoms with Gasteiger partial charge >= 0.3 is 30.0 Å². The van der Waals surface area contributed by atoms with E-state index in [1.54, 1.807) is 23.1 Å². The van der Waals surface area contributed by atoms with Crippen LogP contribution in [0, 0.1) is 35.5 Å². The number of ether oxygens (including phenoxy) is 10. The van der Waals surface area contributed by atoms with Gasteiger partial charge in [0.25, 0.3) is 5.79 Å². The third-order valence-corrected chi connectivity index (χ3v) is 13.7. The molecule has 1 amide bonds. The fraction of sp³-hybridized carbons (Fsp3) is 0.500. The fourth-order valence-electron chi connectivity index (χ4n) is 8.82. The minimum Gasteiger partial charge on any atom is -0.494 e. The van der Waals surface area contributed by atoms with Crippen LogP contribution in [0.25, 0.3) is 0 Å². The smallest absolute Gasteiger partial charge is 0.410 e. The molecule has 79 heavy (non-hydrogen) atoms. The lowest BCUT2D eigenvalue weighted by atomic mass is 9.78. The minimum atomic E-state index is -1.51. The van der Waals surface area contributed by atoms with Crippen LogP contribution >= 0.6 is 0 Å². The highest BCUT2D eigenvalue weighted by molar-refractivity contribution is 5.86. The lowest BCUT2D eigenvalue weighted by molar-refractivity contribution is -0.307. The number of aliphatic hydroxyl groups excluding tert-OH is 1. The summed E-state index contributed by atoms with van der Waals surface area (Å²) in [6.45, 7) is 19.7. The van der Waals surface area contributed by atoms with Gasteiger partial charge in [0.1, 0.15) is 30.8 Å². The number of amides is 1. The van der Waals surface area contributed by atoms with Gasteiger partial charge < -0.3 is 57.4 Å². The van der Waals surface area contributed by atoms with Crippen LogP contribution in [0.4, 0.5) is 4.79 Å². The average Bonchev–Trinajstić information content (AvgIpc) is 3.59. The highest BCUT2D eigenvalue weighted by Crippen LogP contribution is 2.42. The van der Waals surface area contributed by atoms with E-state index in [1.165, 1.54) is 28.1 Å². The molecule has 1 saturated heterocycles. The number of nitrogens with zero attached hydrogens (tertiary/aromatic N) is 1. The molecule has 0 bridgehead atoms. The quantitative estimate of drug-likeness (QED) is 0.0542. The molecule has 6 rings (SSSR count). The Hall–Kier alpha value is -6.95. The summed E-state index contributed by atoms with van der Waals surface area (Å²) in [5, 5.41) is 9.11. The number of hydrogen-bond donors (Lipinski definition) is 1. The van der Waals surface area contributed by atoms with Crippen molar-refractivity contribution in [1.29, 1.82) is 0 Å². The Morgan fingerprint density at radius 3 is 1.72 bits per heavy atom. The molecule has 4 aromatic carbocycles. The number of rotatable bonds is 23. The third-order valence-electron chi connectivity index (χ3n) is 13.7. The van der Waals surface area contributed by atoms with E-state index in [2.05, 4.69) is 32.4 Å². The Morgan fingerprint density at radius 1 is 0.658 bits per heavy atom. The molecular formula is C62H83NO16. The molecule has 4 unspecified atom stereocenters. The van der Waals surface area contributed by atoms with Crippen LogP contribution in [0.1, 0.15) is 97.4 Å². The SMILES string of the molecule is CCCOc1ccc(CO[C@]2(C(=O)OC)CC(C)[C@@H](C)C([C@H](C)COC(C)=O)O2)cc1.COC(=O)C1=CC(C)[C@@H](C)C([C@H](C)COC(C)=O)O1.O=C(OCc1ccccc1)N(CCOc1ccc(CO)cc1)Cc1ccccc1. The Balaban J connectivity index is 0.000000263. The zero-order chi connectivity index (χ0) is 57.9. The lowest BCUT2D eigenvalue weighted by Crippen LogP contribution is -2.56. The summed E-state index contributed by atoms with van der Waals surface area (Å²) in [5.41, 5.74) is 3.69. The van der Waals surface area contributed by atoms with Gasteiger partial charge in [-0.25, -0.2) is 14.4 Å². The first-order valence-corrected chi connectivity index (χ1v) is 27.0. The summed E-state index contributed by atoms with van der Waals surface area (Å²) >= 11 is 0. The van der Waals surface area contributed by atoms with Gasteiger partial charge in [-0.1, -0.05) is 133 Å². The second kappa shape index (κ2) is 33.5. The minimum absolute atomic E-state index is 0.00160. The number of carbonyl (C=O) groups excluding carboxylic acids is 5. The molecule has 17 heteroatoms. The molecule has 0 aliphatic carbocycles. The van der Waals surface area contributed by atoms with Gasteiger partial charge in [-0.15, -0.1) is 0 Å². The van der Waals surface area contributed by atoms with E-state index in [-0.39, 0.29) is 105 Å². The summed E-state index contributed by atoms with van der Waals surface area (Å²) in [6.07, 6.45) is 2.23. The second-order valence-electron chi connectivity index (χ2n) is 20.1. The third kappa shape index (κ3) is 21.3. The van der Waals surface area contributed by atoms with Gasteiger partial charge in [0, 0.05) is 38.6 Å². The van der Waals surface area contributed by atoms with Crippen molar-refractivity contribution in [2.75, 3.05) is 47.2 Å². The first-order chi connectivity index (χ1) is 37.8. The van der Waals surface area contributed by atoms with E-state index < -0.39 is 17.7 Å². The Bertz CT molecular complexity index is 2490. The first-order valence-electron chi connectivity index (χ1n) is 27.0. The van der Waals surface area contributed by atoms with Crippen molar-refractivity contribution in [3.05, 3.63) is 143 Å². The van der Waals surface area contributed by atoms with Crippen LogP contribution in [0.5, 0.6) is 11.5 Å². The maximum atomic E-state index is 12.8. The monoisotopic (exact) mass is 1100 g/mol. The lowest BCUT2D eigenvalue weighted by Gasteiger charge is -2.46. The number of carbonyl (C=O) groups is 5. The average molecular weight is 1100 g/mol. The van der Waals surface area contributed by atoms with Crippen LogP contribution in [0.3, 0.4) is 0 Å². The van der Waals surface area contributed by atoms with Crippen molar-refractivity contribution in [2.45, 2.75) is 120 Å². The van der Waals surface area contributed by atoms with Crippen molar-refractivity contribution in [3.8, 4) is 11.5 Å². The number of benzene rings is 4. The highest BCUT2D eigenvalue weighted by Gasteiger charge is 2.52. The molecule has 2 aliphatic rings. The van der Waals surface area contributed by atoms with E-state index in [4.69, 9.17) is 47.7 Å². The van der Waals surface area contributed by atoms with Crippen LogP contribution in [-0.2, 0) is 83.4 Å². The van der Waals surface area contributed by atoms with Crippen LogP contribution < -0.4 is 9.47 Å². The Kier molecular flexibility index (Phi) is 27.4. The van der Waals surface area contributed by atoms with Crippen LogP contribution in [0.2, 0.25) is 0 Å². The number of aliphatic hydroxyl groups is 1. The second-order valence-corrected chi connectivity index (χ2v) is 20.1. The molecule has 9 atom stereocenters. The van der Waals surface area contributed by atoms with Gasteiger partial charge in [0.2, 0.25) is 5.76 Å². The molecule has 1 fully saturated rings. The van der Waals surface area contributed by atoms with E-state index in [9.17, 15) is 24.0 Å². The summed E-state index contributed by atoms with van der Waals surface area (Å²) in [6, 6.07) is 34.2. The molecule has 1 N–H and O–H groups in total.